The maximum Gasteiger partial charge on any atom is 0.321 e. The number of piperazine rings is 1. The van der Waals surface area contributed by atoms with Gasteiger partial charge >= 0.3 is 6.03 Å². The van der Waals surface area contributed by atoms with E-state index in [2.05, 4.69) is 15.5 Å². The summed E-state index contributed by atoms with van der Waals surface area (Å²) in [5, 5.41) is 5.05. The maximum atomic E-state index is 12.6. The third kappa shape index (κ3) is 7.22. The smallest absolute Gasteiger partial charge is 0.321 e. The maximum absolute atomic E-state index is 12.6. The van der Waals surface area contributed by atoms with Gasteiger partial charge in [0.1, 0.15) is 0 Å². The lowest BCUT2D eigenvalue weighted by Gasteiger charge is -2.34. The number of imide groups is 1. The van der Waals surface area contributed by atoms with Gasteiger partial charge in [-0.3, -0.25) is 19.8 Å². The molecule has 164 valence electrons. The summed E-state index contributed by atoms with van der Waals surface area (Å²) in [6.45, 7) is 5.73. The Hall–Kier alpha value is -3.19. The first-order valence-corrected chi connectivity index (χ1v) is 10.7. The molecular formula is C24H30N4O3. The molecule has 0 aromatic heterocycles. The monoisotopic (exact) mass is 422 g/mol. The zero-order chi connectivity index (χ0) is 22.1. The van der Waals surface area contributed by atoms with Crippen LogP contribution in [0.3, 0.4) is 0 Å². The summed E-state index contributed by atoms with van der Waals surface area (Å²) >= 11 is 0. The number of hydrogen-bond donors (Lipinski definition) is 2. The first-order valence-electron chi connectivity index (χ1n) is 10.7. The second kappa shape index (κ2) is 11.3. The van der Waals surface area contributed by atoms with Crippen LogP contribution in [0.1, 0.15) is 23.1 Å². The van der Waals surface area contributed by atoms with E-state index in [0.29, 0.717) is 32.6 Å². The Balaban J connectivity index is 1.32. The number of amides is 4. The molecule has 1 fully saturated rings. The van der Waals surface area contributed by atoms with Gasteiger partial charge in [0.15, 0.2) is 0 Å². The predicted octanol–water partition coefficient (Wildman–Crippen LogP) is 2.10. The van der Waals surface area contributed by atoms with Crippen LogP contribution in [0.15, 0.2) is 54.6 Å². The van der Waals surface area contributed by atoms with Crippen molar-refractivity contribution in [2.45, 2.75) is 26.3 Å². The van der Waals surface area contributed by atoms with Gasteiger partial charge in [-0.1, -0.05) is 54.6 Å². The van der Waals surface area contributed by atoms with Gasteiger partial charge in [-0.2, -0.15) is 0 Å². The van der Waals surface area contributed by atoms with Crippen LogP contribution in [-0.4, -0.2) is 60.4 Å². The molecule has 1 heterocycles. The summed E-state index contributed by atoms with van der Waals surface area (Å²) in [5.74, 6) is -0.162. The average Bonchev–Trinajstić information content (AvgIpc) is 2.79. The van der Waals surface area contributed by atoms with E-state index >= 15 is 0 Å². The Labute approximate surface area is 183 Å². The molecule has 1 aliphatic rings. The number of nitrogens with zero attached hydrogens (tertiary/aromatic N) is 2. The van der Waals surface area contributed by atoms with E-state index in [0.717, 1.165) is 29.8 Å². The molecule has 7 heteroatoms. The van der Waals surface area contributed by atoms with Gasteiger partial charge in [-0.15, -0.1) is 0 Å². The van der Waals surface area contributed by atoms with Crippen LogP contribution < -0.4 is 10.6 Å². The molecule has 0 saturated carbocycles. The van der Waals surface area contributed by atoms with Crippen LogP contribution in [0, 0.1) is 6.92 Å². The molecule has 2 N–H and O–H groups in total. The molecule has 1 saturated heterocycles. The summed E-state index contributed by atoms with van der Waals surface area (Å²) in [6, 6.07) is 17.0. The largest absolute Gasteiger partial charge is 0.340 e. The fourth-order valence-corrected chi connectivity index (χ4v) is 3.58. The molecule has 0 radical (unpaired) electrons. The van der Waals surface area contributed by atoms with Crippen molar-refractivity contribution >= 4 is 17.8 Å². The highest BCUT2D eigenvalue weighted by Gasteiger charge is 2.22. The van der Waals surface area contributed by atoms with Gasteiger partial charge in [-0.05, 0) is 23.6 Å². The predicted molar refractivity (Wildman–Crippen MR) is 119 cm³/mol. The molecule has 7 nitrogen and oxygen atoms in total. The van der Waals surface area contributed by atoms with E-state index in [1.165, 1.54) is 0 Å². The molecule has 2 aromatic carbocycles. The second-order valence-corrected chi connectivity index (χ2v) is 7.79. The van der Waals surface area contributed by atoms with Crippen molar-refractivity contribution in [1.29, 1.82) is 0 Å². The topological polar surface area (TPSA) is 81.8 Å². The summed E-state index contributed by atoms with van der Waals surface area (Å²) in [4.78, 5) is 40.5. The molecule has 0 spiro atoms. The standard InChI is InChI=1S/C24H30N4O3/c1-19-7-5-6-10-21(19)17-23(30)28-15-13-27(14-16-28)12-11-22(29)26-24(31)25-18-20-8-3-2-4-9-20/h2-10H,11-18H2,1H3,(H2,25,26,29,31). The lowest BCUT2D eigenvalue weighted by Crippen LogP contribution is -2.50. The van der Waals surface area contributed by atoms with Crippen molar-refractivity contribution < 1.29 is 14.4 Å². The first kappa shape index (κ1) is 22.5. The molecule has 3 rings (SSSR count). The minimum atomic E-state index is -0.486. The van der Waals surface area contributed by atoms with Crippen molar-refractivity contribution in [2.24, 2.45) is 0 Å². The summed E-state index contributed by atoms with van der Waals surface area (Å²) in [6.07, 6.45) is 0.670. The van der Waals surface area contributed by atoms with Gasteiger partial charge in [0.25, 0.3) is 0 Å². The highest BCUT2D eigenvalue weighted by atomic mass is 16.2. The number of urea groups is 1. The summed E-state index contributed by atoms with van der Waals surface area (Å²) in [7, 11) is 0. The number of rotatable bonds is 7. The van der Waals surface area contributed by atoms with Crippen LogP contribution in [0.2, 0.25) is 0 Å². The van der Waals surface area contributed by atoms with E-state index in [1.807, 2.05) is 66.4 Å². The molecule has 1 aliphatic heterocycles. The quantitative estimate of drug-likeness (QED) is 0.716. The van der Waals surface area contributed by atoms with E-state index < -0.39 is 6.03 Å². The molecule has 4 amide bonds. The normalized spacial score (nSPS) is 14.2. The van der Waals surface area contributed by atoms with Crippen molar-refractivity contribution in [3.8, 4) is 0 Å². The number of benzene rings is 2. The Kier molecular flexibility index (Phi) is 8.18. The fraction of sp³-hybridized carbons (Fsp3) is 0.375. The number of carbonyl (C=O) groups is 3. The van der Waals surface area contributed by atoms with Crippen LogP contribution in [0.25, 0.3) is 0 Å². The van der Waals surface area contributed by atoms with Crippen molar-refractivity contribution in [3.63, 3.8) is 0 Å². The third-order valence-corrected chi connectivity index (χ3v) is 5.53. The lowest BCUT2D eigenvalue weighted by molar-refractivity contribution is -0.132. The molecule has 0 aliphatic carbocycles. The van der Waals surface area contributed by atoms with Gasteiger partial charge < -0.3 is 10.2 Å². The molecular weight excluding hydrogens is 392 g/mol. The van der Waals surface area contributed by atoms with Crippen LogP contribution in [-0.2, 0) is 22.6 Å². The zero-order valence-electron chi connectivity index (χ0n) is 18.0. The Morgan fingerprint density at radius 3 is 2.29 bits per heavy atom. The number of hydrogen-bond acceptors (Lipinski definition) is 4. The molecule has 2 aromatic rings. The molecule has 0 atom stereocenters. The SMILES string of the molecule is Cc1ccccc1CC(=O)N1CCN(CCC(=O)NC(=O)NCc2ccccc2)CC1. The number of aryl methyl sites for hydroxylation is 1. The van der Waals surface area contributed by atoms with Gasteiger partial charge in [0.05, 0.1) is 6.42 Å². The number of nitrogens with one attached hydrogen (secondary N) is 2. The first-order chi connectivity index (χ1) is 15.0. The Morgan fingerprint density at radius 1 is 0.903 bits per heavy atom. The Bertz CT molecular complexity index is 893. The fourth-order valence-electron chi connectivity index (χ4n) is 3.58. The van der Waals surface area contributed by atoms with Crippen molar-refractivity contribution in [2.75, 3.05) is 32.7 Å². The number of carbonyl (C=O) groups excluding carboxylic acids is 3. The lowest BCUT2D eigenvalue weighted by atomic mass is 10.1. The molecule has 0 bridgehead atoms. The molecule has 0 unspecified atom stereocenters. The summed E-state index contributed by atoms with van der Waals surface area (Å²) in [5.41, 5.74) is 3.17. The minimum Gasteiger partial charge on any atom is -0.340 e. The van der Waals surface area contributed by atoms with E-state index in [9.17, 15) is 14.4 Å². The second-order valence-electron chi connectivity index (χ2n) is 7.79. The minimum absolute atomic E-state index is 0.141. The van der Waals surface area contributed by atoms with Gasteiger partial charge in [-0.25, -0.2) is 4.79 Å². The third-order valence-electron chi connectivity index (χ3n) is 5.53. The average molecular weight is 423 g/mol. The summed E-state index contributed by atoms with van der Waals surface area (Å²) < 4.78 is 0. The van der Waals surface area contributed by atoms with Crippen LogP contribution in [0.5, 0.6) is 0 Å². The highest BCUT2D eigenvalue weighted by molar-refractivity contribution is 5.94. The Morgan fingerprint density at radius 2 is 1.58 bits per heavy atom. The van der Waals surface area contributed by atoms with E-state index in [-0.39, 0.29) is 18.2 Å². The van der Waals surface area contributed by atoms with Crippen molar-refractivity contribution in [3.05, 3.63) is 71.3 Å². The van der Waals surface area contributed by atoms with Gasteiger partial charge in [0.2, 0.25) is 11.8 Å². The van der Waals surface area contributed by atoms with Crippen LogP contribution >= 0.6 is 0 Å². The van der Waals surface area contributed by atoms with Crippen LogP contribution in [0.4, 0.5) is 4.79 Å². The van der Waals surface area contributed by atoms with E-state index in [1.54, 1.807) is 0 Å². The van der Waals surface area contributed by atoms with Crippen molar-refractivity contribution in [1.82, 2.24) is 20.4 Å². The highest BCUT2D eigenvalue weighted by Crippen LogP contribution is 2.11. The van der Waals surface area contributed by atoms with E-state index in [4.69, 9.17) is 0 Å². The van der Waals surface area contributed by atoms with Gasteiger partial charge in [0, 0.05) is 45.7 Å². The molecule has 31 heavy (non-hydrogen) atoms. The zero-order valence-corrected chi connectivity index (χ0v) is 18.0.